The van der Waals surface area contributed by atoms with E-state index >= 15 is 4.79 Å². The lowest BCUT2D eigenvalue weighted by Gasteiger charge is -2.60. The minimum atomic E-state index is -1.62. The van der Waals surface area contributed by atoms with Crippen LogP contribution in [0.3, 0.4) is 0 Å². The number of carbonyl (C=O) groups excluding carboxylic acids is 2. The third-order valence-corrected chi connectivity index (χ3v) is 12.3. The molecule has 0 bridgehead atoms. The van der Waals surface area contributed by atoms with Crippen molar-refractivity contribution in [2.24, 2.45) is 22.9 Å². The van der Waals surface area contributed by atoms with E-state index in [0.29, 0.717) is 73.2 Å². The second-order valence-electron chi connectivity index (χ2n) is 16.4. The number of unbranched alkanes of at least 4 members (excludes halogenated alkanes) is 2. The number of allylic oxidation sites excluding steroid dienone is 1. The van der Waals surface area contributed by atoms with E-state index < -0.39 is 40.6 Å². The molecule has 0 aromatic heterocycles. The predicted octanol–water partition coefficient (Wildman–Crippen LogP) is 6.56. The molecular weight excluding hydrogens is 851 g/mol. The quantitative estimate of drug-likeness (QED) is 0.0323. The number of non-ortho nitro benzene ring substituents is 1. The average molecular weight is 910 g/mol. The van der Waals surface area contributed by atoms with E-state index in [2.05, 4.69) is 24.0 Å². The predicted molar refractivity (Wildman–Crippen MR) is 243 cm³/mol. The zero-order chi connectivity index (χ0) is 47.1. The number of amides is 2. The van der Waals surface area contributed by atoms with Crippen LogP contribution in [0, 0.1) is 39.2 Å². The fraction of sp³-hybridized carbons (Fsp3) is 0.469. The molecule has 17 nitrogen and oxygen atoms in total. The van der Waals surface area contributed by atoms with Crippen molar-refractivity contribution in [1.82, 2.24) is 10.2 Å². The van der Waals surface area contributed by atoms with Gasteiger partial charge in [-0.15, -0.1) is 6.58 Å². The zero-order valence-electron chi connectivity index (χ0n) is 37.2. The normalized spacial score (nSPS) is 22.1. The van der Waals surface area contributed by atoms with Crippen LogP contribution in [0.15, 0.2) is 96.2 Å². The Kier molecular flexibility index (Phi) is 17.8. The number of nitro benzene ring substituents is 1. The Morgan fingerprint density at radius 3 is 2.44 bits per heavy atom. The lowest BCUT2D eigenvalue weighted by molar-refractivity contribution is -0.384. The Labute approximate surface area is 384 Å². The molecule has 0 spiro atoms. The number of nitro groups is 1. The molecule has 1 fully saturated rings. The molecule has 17 heteroatoms. The first kappa shape index (κ1) is 49.3. The molecule has 6 rings (SSSR count). The molecule has 1 aliphatic heterocycles. The van der Waals surface area contributed by atoms with Gasteiger partial charge < -0.3 is 49.3 Å². The monoisotopic (exact) mass is 909 g/mol. The molecule has 1 saturated carbocycles. The third-order valence-electron chi connectivity index (χ3n) is 12.3. The van der Waals surface area contributed by atoms with Crippen LogP contribution in [0.5, 0.6) is 11.5 Å². The van der Waals surface area contributed by atoms with Gasteiger partial charge in [-0.05, 0) is 110 Å². The van der Waals surface area contributed by atoms with E-state index in [-0.39, 0.29) is 82.5 Å². The molecular formula is C49H59N5O12. The number of rotatable bonds is 24. The summed E-state index contributed by atoms with van der Waals surface area (Å²) in [4.78, 5) is 46.5. The number of aliphatic hydroxyl groups is 3. The number of ether oxygens (including phenoxy) is 4. The highest BCUT2D eigenvalue weighted by molar-refractivity contribution is 6.03. The first-order valence-corrected chi connectivity index (χ1v) is 22.5. The molecule has 352 valence electrons. The van der Waals surface area contributed by atoms with E-state index in [4.69, 9.17) is 28.9 Å². The van der Waals surface area contributed by atoms with Crippen LogP contribution in [0.25, 0.3) is 0 Å². The minimum absolute atomic E-state index is 0.00342. The second kappa shape index (κ2) is 23.9. The number of oxime groups is 1. The highest BCUT2D eigenvalue weighted by Gasteiger charge is 2.65. The number of fused-ring (bicyclic) bond motifs is 2. The Bertz CT molecular complexity index is 2240. The summed E-state index contributed by atoms with van der Waals surface area (Å²) in [5, 5.41) is 57.9. The molecule has 0 saturated heterocycles. The highest BCUT2D eigenvalue weighted by atomic mass is 16.7. The van der Waals surface area contributed by atoms with E-state index in [9.17, 15) is 35.5 Å². The molecule has 2 aliphatic carbocycles. The maximum absolute atomic E-state index is 15.1. The molecule has 0 unspecified atom stereocenters. The molecule has 6 atom stereocenters. The zero-order valence-corrected chi connectivity index (χ0v) is 37.2. The SMILES string of the molecule is C=CCO[C@@]12Oc3ccc(OC(=O)NCC)cc3[C@H]3[C@H](CCCCO)[C@@H](CCCCO)C=C(C(=NOCc4ccc([N+](=O)[O-])cc4)C[C@@H]1N(CCOCCO)C(=O)c1ccc(C#N)cc1)[C@H]32. The number of carbonyl (C=O) groups is 2. The van der Waals surface area contributed by atoms with Gasteiger partial charge in [0.25, 0.3) is 11.6 Å². The first-order valence-electron chi connectivity index (χ1n) is 22.5. The summed E-state index contributed by atoms with van der Waals surface area (Å²) in [6, 6.07) is 18.6. The Balaban J connectivity index is 1.60. The van der Waals surface area contributed by atoms with Crippen LogP contribution in [0.4, 0.5) is 10.5 Å². The summed E-state index contributed by atoms with van der Waals surface area (Å²) in [7, 11) is 0. The largest absolute Gasteiger partial charge is 0.459 e. The van der Waals surface area contributed by atoms with Crippen molar-refractivity contribution in [2.75, 3.05) is 52.7 Å². The van der Waals surface area contributed by atoms with Gasteiger partial charge in [0.15, 0.2) is 0 Å². The van der Waals surface area contributed by atoms with Crippen molar-refractivity contribution < 1.29 is 53.6 Å². The summed E-state index contributed by atoms with van der Waals surface area (Å²) in [5.74, 6) is -2.60. The number of nitrogens with zero attached hydrogens (tertiary/aromatic N) is 4. The van der Waals surface area contributed by atoms with Gasteiger partial charge in [0.2, 0.25) is 5.79 Å². The second-order valence-corrected chi connectivity index (χ2v) is 16.4. The number of aliphatic hydroxyl groups excluding tert-OH is 3. The summed E-state index contributed by atoms with van der Waals surface area (Å²) >= 11 is 0. The van der Waals surface area contributed by atoms with Crippen molar-refractivity contribution >= 4 is 23.4 Å². The van der Waals surface area contributed by atoms with Crippen molar-refractivity contribution in [1.29, 1.82) is 5.26 Å². The smallest absolute Gasteiger partial charge is 0.412 e. The third kappa shape index (κ3) is 11.4. The summed E-state index contributed by atoms with van der Waals surface area (Å²) in [6.45, 7) is 5.99. The molecule has 3 aromatic carbocycles. The van der Waals surface area contributed by atoms with Gasteiger partial charge in [-0.1, -0.05) is 30.1 Å². The average Bonchev–Trinajstić information content (AvgIpc) is 3.32. The van der Waals surface area contributed by atoms with Crippen molar-refractivity contribution in [3.63, 3.8) is 0 Å². The first-order chi connectivity index (χ1) is 32.1. The van der Waals surface area contributed by atoms with Crippen LogP contribution in [-0.2, 0) is 20.9 Å². The Morgan fingerprint density at radius 1 is 1.03 bits per heavy atom. The molecule has 3 aliphatic rings. The van der Waals surface area contributed by atoms with Crippen molar-refractivity contribution in [2.45, 2.75) is 76.2 Å². The molecule has 0 radical (unpaired) electrons. The molecule has 2 amide bonds. The number of benzene rings is 3. The standard InChI is InChI=1S/C49H59N5O12/c1-3-25-63-49-44(53(21-26-62-27-24-57)47(58)35-15-11-33(31-50)12-16-35)30-42(52-64-32-34-13-17-37(18-14-34)54(60)61)40-28-36(9-5-7-22-55)39(10-6-8-23-56)45(46(40)49)41-29-38(19-20-43(41)66-49)65-48(59)51-4-2/h3,11-20,28-29,36,39,44-46,55-57H,1,4-10,21-27,30,32H2,2H3,(H,51,59)/t36-,39+,44-,45+,46+,49+/m0/s1. The summed E-state index contributed by atoms with van der Waals surface area (Å²) in [6.07, 6.45) is 7.15. The van der Waals surface area contributed by atoms with Gasteiger partial charge in [0, 0.05) is 61.9 Å². The van der Waals surface area contributed by atoms with Gasteiger partial charge in [0.05, 0.1) is 54.6 Å². The van der Waals surface area contributed by atoms with Crippen molar-refractivity contribution in [3.8, 4) is 17.6 Å². The topological polar surface area (TPSA) is 236 Å². The Morgan fingerprint density at radius 2 is 1.77 bits per heavy atom. The molecule has 4 N–H and O–H groups in total. The molecule has 66 heavy (non-hydrogen) atoms. The van der Waals surface area contributed by atoms with Crippen LogP contribution in [0.1, 0.15) is 84.8 Å². The minimum Gasteiger partial charge on any atom is -0.459 e. The number of hydrogen-bond donors (Lipinski definition) is 4. The van der Waals surface area contributed by atoms with Crippen LogP contribution < -0.4 is 14.8 Å². The maximum atomic E-state index is 15.1. The van der Waals surface area contributed by atoms with E-state index in [0.717, 1.165) is 11.1 Å². The van der Waals surface area contributed by atoms with Crippen LogP contribution in [0.2, 0.25) is 0 Å². The van der Waals surface area contributed by atoms with Crippen molar-refractivity contribution in [3.05, 3.63) is 123 Å². The number of hydrogen-bond acceptors (Lipinski definition) is 14. The highest BCUT2D eigenvalue weighted by Crippen LogP contribution is 2.62. The number of nitriles is 1. The van der Waals surface area contributed by atoms with Gasteiger partial charge in [-0.2, -0.15) is 5.26 Å². The van der Waals surface area contributed by atoms with E-state index in [1.807, 2.05) is 6.07 Å². The summed E-state index contributed by atoms with van der Waals surface area (Å²) in [5.41, 5.74) is 3.24. The lowest BCUT2D eigenvalue weighted by atomic mass is 9.55. The molecule has 1 heterocycles. The van der Waals surface area contributed by atoms with Gasteiger partial charge in [-0.25, -0.2) is 4.79 Å². The Hall–Kier alpha value is -6.16. The fourth-order valence-electron chi connectivity index (χ4n) is 9.48. The van der Waals surface area contributed by atoms with Gasteiger partial charge in [-0.3, -0.25) is 14.9 Å². The number of nitrogens with one attached hydrogen (secondary N) is 1. The van der Waals surface area contributed by atoms with Gasteiger partial charge >= 0.3 is 6.09 Å². The van der Waals surface area contributed by atoms with E-state index in [1.54, 1.807) is 66.4 Å². The van der Waals surface area contributed by atoms with Crippen LogP contribution >= 0.6 is 0 Å². The maximum Gasteiger partial charge on any atom is 0.412 e. The van der Waals surface area contributed by atoms with Gasteiger partial charge in [0.1, 0.15) is 24.1 Å². The summed E-state index contributed by atoms with van der Waals surface area (Å²) < 4.78 is 25.9. The molecule has 3 aromatic rings. The van der Waals surface area contributed by atoms with E-state index in [1.165, 1.54) is 12.1 Å². The fourth-order valence-corrected chi connectivity index (χ4v) is 9.48. The van der Waals surface area contributed by atoms with Crippen LogP contribution in [-0.4, -0.2) is 107 Å². The lowest BCUT2D eigenvalue weighted by Crippen LogP contribution is -2.70.